The summed E-state index contributed by atoms with van der Waals surface area (Å²) in [6.45, 7) is -0.00597. The monoisotopic (exact) mass is 402 g/mol. The number of hydrogen-bond donors (Lipinski definition) is 2. The first-order valence-corrected chi connectivity index (χ1v) is 7.75. The quantitative estimate of drug-likeness (QED) is 0.759. The molecule has 130 valence electrons. The standard InChI is InChI=1S/C14H16BrF5N2O/c15-11-6-9(5-10(7-11)14(18,19)20)12(13(16,17)8-23)22-3-1-21-2-4-22/h5-7,12,21,23H,1-4,8H2/t12-/m1/s1. The Balaban J connectivity index is 2.48. The molecule has 0 aliphatic carbocycles. The fourth-order valence-electron chi connectivity index (χ4n) is 2.68. The van der Waals surface area contributed by atoms with E-state index in [-0.39, 0.29) is 23.1 Å². The smallest absolute Gasteiger partial charge is 0.390 e. The highest BCUT2D eigenvalue weighted by atomic mass is 79.9. The third kappa shape index (κ3) is 4.40. The molecule has 0 aromatic heterocycles. The molecule has 1 atom stereocenters. The Morgan fingerprint density at radius 3 is 2.26 bits per heavy atom. The Morgan fingerprint density at radius 2 is 1.74 bits per heavy atom. The van der Waals surface area contributed by atoms with Crippen LogP contribution in [0.4, 0.5) is 22.0 Å². The molecule has 1 aliphatic heterocycles. The van der Waals surface area contributed by atoms with Gasteiger partial charge in [-0.2, -0.15) is 13.2 Å². The summed E-state index contributed by atoms with van der Waals surface area (Å²) < 4.78 is 67.4. The van der Waals surface area contributed by atoms with Gasteiger partial charge in [-0.15, -0.1) is 0 Å². The van der Waals surface area contributed by atoms with Crippen LogP contribution in [0, 0.1) is 0 Å². The third-order valence-electron chi connectivity index (χ3n) is 3.69. The molecule has 1 saturated heterocycles. The van der Waals surface area contributed by atoms with Crippen LogP contribution in [0.15, 0.2) is 22.7 Å². The first-order valence-electron chi connectivity index (χ1n) is 6.96. The number of aliphatic hydroxyl groups is 1. The van der Waals surface area contributed by atoms with Gasteiger partial charge in [0.15, 0.2) is 0 Å². The van der Waals surface area contributed by atoms with Crippen molar-refractivity contribution in [2.45, 2.75) is 18.1 Å². The summed E-state index contributed by atoms with van der Waals surface area (Å²) in [6.07, 6.45) is -4.64. The Bertz CT molecular complexity index is 546. The fourth-order valence-corrected chi connectivity index (χ4v) is 3.19. The Hall–Kier alpha value is -0.770. The Morgan fingerprint density at radius 1 is 1.13 bits per heavy atom. The molecule has 0 amide bonds. The molecule has 23 heavy (non-hydrogen) atoms. The summed E-state index contributed by atoms with van der Waals surface area (Å²) in [5, 5.41) is 12.0. The van der Waals surface area contributed by atoms with Gasteiger partial charge < -0.3 is 10.4 Å². The van der Waals surface area contributed by atoms with Gasteiger partial charge >= 0.3 is 6.18 Å². The number of rotatable bonds is 4. The first kappa shape index (κ1) is 18.6. The number of nitrogens with one attached hydrogen (secondary N) is 1. The van der Waals surface area contributed by atoms with Crippen molar-refractivity contribution in [3.05, 3.63) is 33.8 Å². The van der Waals surface area contributed by atoms with Gasteiger partial charge in [0.25, 0.3) is 5.92 Å². The van der Waals surface area contributed by atoms with E-state index >= 15 is 0 Å². The van der Waals surface area contributed by atoms with Crippen LogP contribution in [0.3, 0.4) is 0 Å². The SMILES string of the molecule is OCC(F)(F)[C@@H](c1cc(Br)cc(C(F)(F)F)c1)N1CCNCC1. The van der Waals surface area contributed by atoms with Crippen molar-refractivity contribution in [2.24, 2.45) is 0 Å². The molecule has 0 bridgehead atoms. The molecular formula is C14H16BrF5N2O. The number of hydrogen-bond acceptors (Lipinski definition) is 3. The summed E-state index contributed by atoms with van der Waals surface area (Å²) in [6, 6.07) is 1.19. The highest BCUT2D eigenvalue weighted by Crippen LogP contribution is 2.40. The maximum atomic E-state index is 14.2. The van der Waals surface area contributed by atoms with Crippen LogP contribution in [0.2, 0.25) is 0 Å². The normalized spacial score (nSPS) is 18.9. The molecule has 1 aromatic rings. The number of benzene rings is 1. The van der Waals surface area contributed by atoms with E-state index in [2.05, 4.69) is 21.2 Å². The number of alkyl halides is 5. The van der Waals surface area contributed by atoms with Crippen LogP contribution in [0.25, 0.3) is 0 Å². The summed E-state index contributed by atoms with van der Waals surface area (Å²) in [4.78, 5) is 1.40. The molecule has 3 nitrogen and oxygen atoms in total. The summed E-state index contributed by atoms with van der Waals surface area (Å²) in [5.74, 6) is -3.55. The zero-order valence-electron chi connectivity index (χ0n) is 12.0. The van der Waals surface area contributed by atoms with Crippen LogP contribution >= 0.6 is 15.9 Å². The van der Waals surface area contributed by atoms with Gasteiger partial charge in [-0.05, 0) is 23.8 Å². The molecule has 0 saturated carbocycles. The molecule has 1 heterocycles. The summed E-state index contributed by atoms with van der Waals surface area (Å²) in [7, 11) is 0. The lowest BCUT2D eigenvalue weighted by Crippen LogP contribution is -2.51. The average Bonchev–Trinajstić information content (AvgIpc) is 2.47. The Labute approximate surface area is 138 Å². The fraction of sp³-hybridized carbons (Fsp3) is 0.571. The predicted octanol–water partition coefficient (Wildman–Crippen LogP) is 3.04. The lowest BCUT2D eigenvalue weighted by Gasteiger charge is -2.39. The van der Waals surface area contributed by atoms with E-state index in [1.54, 1.807) is 0 Å². The number of halogens is 6. The van der Waals surface area contributed by atoms with Crippen molar-refractivity contribution in [1.82, 2.24) is 10.2 Å². The van der Waals surface area contributed by atoms with Crippen molar-refractivity contribution in [2.75, 3.05) is 32.8 Å². The molecule has 0 unspecified atom stereocenters. The second kappa shape index (κ2) is 7.00. The van der Waals surface area contributed by atoms with Crippen molar-refractivity contribution in [3.8, 4) is 0 Å². The minimum Gasteiger partial charge on any atom is -0.390 e. The molecule has 0 radical (unpaired) electrons. The van der Waals surface area contributed by atoms with Crippen molar-refractivity contribution >= 4 is 15.9 Å². The minimum absolute atomic E-state index is 0.0659. The van der Waals surface area contributed by atoms with Crippen LogP contribution < -0.4 is 5.32 Å². The molecule has 1 aliphatic rings. The maximum Gasteiger partial charge on any atom is 0.416 e. The molecule has 2 N–H and O–H groups in total. The molecule has 1 fully saturated rings. The highest BCUT2D eigenvalue weighted by molar-refractivity contribution is 9.10. The van der Waals surface area contributed by atoms with E-state index in [0.29, 0.717) is 13.1 Å². The topological polar surface area (TPSA) is 35.5 Å². The van der Waals surface area contributed by atoms with E-state index in [4.69, 9.17) is 5.11 Å². The van der Waals surface area contributed by atoms with Crippen molar-refractivity contribution in [3.63, 3.8) is 0 Å². The number of nitrogens with zero attached hydrogens (tertiary/aromatic N) is 1. The molecular weight excluding hydrogens is 387 g/mol. The van der Waals surface area contributed by atoms with Gasteiger partial charge in [-0.1, -0.05) is 15.9 Å². The van der Waals surface area contributed by atoms with Gasteiger partial charge in [0, 0.05) is 30.7 Å². The predicted molar refractivity (Wildman–Crippen MR) is 78.4 cm³/mol. The molecule has 1 aromatic carbocycles. The largest absolute Gasteiger partial charge is 0.416 e. The van der Waals surface area contributed by atoms with Gasteiger partial charge in [-0.3, -0.25) is 4.90 Å². The maximum absolute atomic E-state index is 14.2. The lowest BCUT2D eigenvalue weighted by atomic mass is 9.96. The van der Waals surface area contributed by atoms with Gasteiger partial charge in [0.05, 0.1) is 5.56 Å². The van der Waals surface area contributed by atoms with Crippen LogP contribution in [-0.2, 0) is 6.18 Å². The minimum atomic E-state index is -4.64. The van der Waals surface area contributed by atoms with Crippen LogP contribution in [-0.4, -0.2) is 48.7 Å². The Kier molecular flexibility index (Phi) is 5.65. The van der Waals surface area contributed by atoms with Crippen LogP contribution in [0.5, 0.6) is 0 Å². The molecule has 2 rings (SSSR count). The van der Waals surface area contributed by atoms with E-state index in [1.807, 2.05) is 0 Å². The zero-order valence-corrected chi connectivity index (χ0v) is 13.6. The number of aliphatic hydroxyl groups excluding tert-OH is 1. The van der Waals surface area contributed by atoms with Gasteiger partial charge in [0.2, 0.25) is 0 Å². The van der Waals surface area contributed by atoms with E-state index < -0.39 is 30.3 Å². The van der Waals surface area contributed by atoms with Crippen LogP contribution in [0.1, 0.15) is 17.2 Å². The van der Waals surface area contributed by atoms with Crippen molar-refractivity contribution < 1.29 is 27.1 Å². The van der Waals surface area contributed by atoms with Crippen molar-refractivity contribution in [1.29, 1.82) is 0 Å². The lowest BCUT2D eigenvalue weighted by molar-refractivity contribution is -0.138. The highest BCUT2D eigenvalue weighted by Gasteiger charge is 2.45. The molecule has 0 spiro atoms. The van der Waals surface area contributed by atoms with E-state index in [0.717, 1.165) is 12.1 Å². The first-order chi connectivity index (χ1) is 10.6. The summed E-state index contributed by atoms with van der Waals surface area (Å²) in [5.41, 5.74) is -1.18. The second-order valence-corrected chi connectivity index (χ2v) is 6.29. The van der Waals surface area contributed by atoms with E-state index in [1.165, 1.54) is 11.0 Å². The third-order valence-corrected chi connectivity index (χ3v) is 4.15. The average molecular weight is 403 g/mol. The molecule has 9 heteroatoms. The number of piperazine rings is 1. The zero-order chi connectivity index (χ0) is 17.3. The van der Waals surface area contributed by atoms with Gasteiger partial charge in [0.1, 0.15) is 12.6 Å². The summed E-state index contributed by atoms with van der Waals surface area (Å²) >= 11 is 2.95. The van der Waals surface area contributed by atoms with E-state index in [9.17, 15) is 22.0 Å². The second-order valence-electron chi connectivity index (χ2n) is 5.38. The van der Waals surface area contributed by atoms with Gasteiger partial charge in [-0.25, -0.2) is 8.78 Å².